The van der Waals surface area contributed by atoms with E-state index in [0.717, 1.165) is 41.2 Å². The predicted molar refractivity (Wildman–Crippen MR) is 99.3 cm³/mol. The molecule has 0 spiro atoms. The molecule has 2 unspecified atom stereocenters. The number of benzene rings is 1. The average molecular weight is 360 g/mol. The number of amides is 1. The van der Waals surface area contributed by atoms with Crippen LogP contribution in [0.2, 0.25) is 0 Å². The molecule has 0 fully saturated rings. The van der Waals surface area contributed by atoms with Gasteiger partial charge in [-0.2, -0.15) is 0 Å². The first-order chi connectivity index (χ1) is 13.3. The first-order valence-electron chi connectivity index (χ1n) is 9.29. The highest BCUT2D eigenvalue weighted by atomic mass is 16.5. The molecule has 0 aliphatic carbocycles. The Labute approximate surface area is 157 Å². The van der Waals surface area contributed by atoms with Crippen LogP contribution in [0.5, 0.6) is 5.75 Å². The van der Waals surface area contributed by atoms with Crippen molar-refractivity contribution in [3.63, 3.8) is 0 Å². The smallest absolute Gasteiger partial charge is 0.264 e. The van der Waals surface area contributed by atoms with E-state index >= 15 is 0 Å². The summed E-state index contributed by atoms with van der Waals surface area (Å²) < 4.78 is 6.06. The molecule has 1 N–H and O–H groups in total. The van der Waals surface area contributed by atoms with Gasteiger partial charge in [0.05, 0.1) is 17.7 Å². The number of nitrogens with one attached hydrogen (secondary N) is 1. The number of ether oxygens (including phenoxy) is 1. The number of carbonyl (C=O) groups is 1. The van der Waals surface area contributed by atoms with Crippen molar-refractivity contribution in [2.24, 2.45) is 0 Å². The molecule has 5 rings (SSSR count). The molecule has 2 aliphatic rings. The second kappa shape index (κ2) is 6.54. The SMILES string of the molecule is O=C(C1CCc2ccccc2O1)N1CCc2[nH]cnc2C1c1ccccn1. The molecule has 1 amide bonds. The molecule has 6 heteroatoms. The lowest BCUT2D eigenvalue weighted by Gasteiger charge is -2.37. The number of nitrogens with zero attached hydrogens (tertiary/aromatic N) is 3. The summed E-state index contributed by atoms with van der Waals surface area (Å²) in [5.41, 5.74) is 3.94. The lowest BCUT2D eigenvalue weighted by molar-refractivity contribution is -0.141. The zero-order valence-electron chi connectivity index (χ0n) is 14.8. The van der Waals surface area contributed by atoms with E-state index in [0.29, 0.717) is 13.0 Å². The Morgan fingerprint density at radius 2 is 2.00 bits per heavy atom. The van der Waals surface area contributed by atoms with Crippen molar-refractivity contribution >= 4 is 5.91 Å². The van der Waals surface area contributed by atoms with Gasteiger partial charge >= 0.3 is 0 Å². The molecule has 136 valence electrons. The molecule has 6 nitrogen and oxygen atoms in total. The number of aromatic amines is 1. The number of pyridine rings is 1. The fourth-order valence-corrected chi connectivity index (χ4v) is 4.03. The molecule has 2 atom stereocenters. The molecular formula is C21H20N4O2. The lowest BCUT2D eigenvalue weighted by Crippen LogP contribution is -2.48. The molecule has 0 radical (unpaired) electrons. The molecule has 2 aromatic heterocycles. The Kier molecular flexibility index (Phi) is 3.89. The van der Waals surface area contributed by atoms with Gasteiger partial charge in [0, 0.05) is 24.9 Å². The summed E-state index contributed by atoms with van der Waals surface area (Å²) in [7, 11) is 0. The van der Waals surface area contributed by atoms with Crippen LogP contribution < -0.4 is 4.74 Å². The van der Waals surface area contributed by atoms with Crippen LogP contribution in [0, 0.1) is 0 Å². The van der Waals surface area contributed by atoms with E-state index in [1.165, 1.54) is 0 Å². The van der Waals surface area contributed by atoms with Gasteiger partial charge in [-0.15, -0.1) is 0 Å². The highest BCUT2D eigenvalue weighted by Gasteiger charge is 2.39. The number of hydrogen-bond acceptors (Lipinski definition) is 4. The summed E-state index contributed by atoms with van der Waals surface area (Å²) in [5.74, 6) is 0.822. The number of aromatic nitrogens is 3. The largest absolute Gasteiger partial charge is 0.480 e. The van der Waals surface area contributed by atoms with E-state index in [4.69, 9.17) is 4.74 Å². The summed E-state index contributed by atoms with van der Waals surface area (Å²) in [6.07, 6.45) is 5.28. The Balaban J connectivity index is 1.47. The Hall–Kier alpha value is -3.15. The van der Waals surface area contributed by atoms with Crippen LogP contribution in [0.15, 0.2) is 55.0 Å². The third-order valence-corrected chi connectivity index (χ3v) is 5.37. The molecule has 2 aliphatic heterocycles. The maximum absolute atomic E-state index is 13.4. The van der Waals surface area contributed by atoms with Crippen molar-refractivity contribution in [3.8, 4) is 5.75 Å². The second-order valence-corrected chi connectivity index (χ2v) is 6.96. The van der Waals surface area contributed by atoms with Gasteiger partial charge in [0.2, 0.25) is 0 Å². The zero-order valence-corrected chi connectivity index (χ0v) is 14.8. The van der Waals surface area contributed by atoms with E-state index in [1.54, 1.807) is 12.5 Å². The van der Waals surface area contributed by atoms with Crippen LogP contribution in [0.25, 0.3) is 0 Å². The van der Waals surface area contributed by atoms with Crippen LogP contribution in [0.4, 0.5) is 0 Å². The van der Waals surface area contributed by atoms with E-state index in [1.807, 2.05) is 41.3 Å². The third kappa shape index (κ3) is 2.77. The number of para-hydroxylation sites is 1. The maximum Gasteiger partial charge on any atom is 0.264 e. The monoisotopic (exact) mass is 360 g/mol. The van der Waals surface area contributed by atoms with Gasteiger partial charge in [-0.25, -0.2) is 4.98 Å². The molecule has 27 heavy (non-hydrogen) atoms. The zero-order chi connectivity index (χ0) is 18.2. The fourth-order valence-electron chi connectivity index (χ4n) is 4.03. The Bertz CT molecular complexity index is 969. The normalized spacial score (nSPS) is 21.1. The molecular weight excluding hydrogens is 340 g/mol. The maximum atomic E-state index is 13.4. The Morgan fingerprint density at radius 3 is 2.89 bits per heavy atom. The lowest BCUT2D eigenvalue weighted by atomic mass is 9.96. The van der Waals surface area contributed by atoms with Crippen molar-refractivity contribution in [3.05, 3.63) is 77.6 Å². The molecule has 1 aromatic carbocycles. The standard InChI is InChI=1S/C21H20N4O2/c26-21(18-9-8-14-5-1-2-7-17(14)27-18)25-12-10-15-19(24-13-23-15)20(25)16-6-3-4-11-22-16/h1-7,11,13,18,20H,8-10,12H2,(H,23,24). The summed E-state index contributed by atoms with van der Waals surface area (Å²) >= 11 is 0. The van der Waals surface area contributed by atoms with Crippen LogP contribution in [0.3, 0.4) is 0 Å². The molecule has 3 aromatic rings. The number of carbonyl (C=O) groups excluding carboxylic acids is 1. The quantitative estimate of drug-likeness (QED) is 0.763. The number of rotatable bonds is 2. The minimum absolute atomic E-state index is 0.00815. The fraction of sp³-hybridized carbons (Fsp3) is 0.286. The highest BCUT2D eigenvalue weighted by molar-refractivity contribution is 5.82. The third-order valence-electron chi connectivity index (χ3n) is 5.37. The van der Waals surface area contributed by atoms with Gasteiger partial charge < -0.3 is 14.6 Å². The minimum Gasteiger partial charge on any atom is -0.480 e. The summed E-state index contributed by atoms with van der Waals surface area (Å²) in [5, 5.41) is 0. The van der Waals surface area contributed by atoms with Crippen LogP contribution in [-0.2, 0) is 17.6 Å². The van der Waals surface area contributed by atoms with Crippen molar-refractivity contribution in [2.75, 3.05) is 6.54 Å². The average Bonchev–Trinajstić information content (AvgIpc) is 3.21. The topological polar surface area (TPSA) is 71.1 Å². The van der Waals surface area contributed by atoms with E-state index in [2.05, 4.69) is 21.0 Å². The van der Waals surface area contributed by atoms with Crippen LogP contribution >= 0.6 is 0 Å². The van der Waals surface area contributed by atoms with Gasteiger partial charge in [0.15, 0.2) is 6.10 Å². The van der Waals surface area contributed by atoms with E-state index in [9.17, 15) is 4.79 Å². The first-order valence-corrected chi connectivity index (χ1v) is 9.29. The van der Waals surface area contributed by atoms with E-state index < -0.39 is 6.10 Å². The predicted octanol–water partition coefficient (Wildman–Crippen LogP) is 2.67. The summed E-state index contributed by atoms with van der Waals surface area (Å²) in [6.45, 7) is 0.622. The number of aryl methyl sites for hydroxylation is 1. The van der Waals surface area contributed by atoms with Gasteiger partial charge in [-0.1, -0.05) is 24.3 Å². The number of H-pyrrole nitrogens is 1. The van der Waals surface area contributed by atoms with Gasteiger partial charge in [-0.05, 0) is 36.6 Å². The summed E-state index contributed by atoms with van der Waals surface area (Å²) in [6, 6.07) is 13.4. The van der Waals surface area contributed by atoms with E-state index in [-0.39, 0.29) is 11.9 Å². The highest BCUT2D eigenvalue weighted by Crippen LogP contribution is 2.35. The molecule has 0 bridgehead atoms. The van der Waals surface area contributed by atoms with Crippen molar-refractivity contribution < 1.29 is 9.53 Å². The van der Waals surface area contributed by atoms with Gasteiger partial charge in [0.25, 0.3) is 5.91 Å². The number of hydrogen-bond donors (Lipinski definition) is 1. The second-order valence-electron chi connectivity index (χ2n) is 6.96. The molecule has 0 saturated carbocycles. The van der Waals surface area contributed by atoms with Crippen LogP contribution in [-0.4, -0.2) is 38.4 Å². The van der Waals surface area contributed by atoms with Crippen molar-refractivity contribution in [1.82, 2.24) is 19.9 Å². The molecule has 0 saturated heterocycles. The summed E-state index contributed by atoms with van der Waals surface area (Å²) in [4.78, 5) is 27.5. The number of imidazole rings is 1. The molecule has 4 heterocycles. The Morgan fingerprint density at radius 1 is 1.11 bits per heavy atom. The van der Waals surface area contributed by atoms with Crippen LogP contribution in [0.1, 0.15) is 35.1 Å². The van der Waals surface area contributed by atoms with Crippen molar-refractivity contribution in [1.29, 1.82) is 0 Å². The van der Waals surface area contributed by atoms with Gasteiger partial charge in [0.1, 0.15) is 11.8 Å². The minimum atomic E-state index is -0.466. The first kappa shape index (κ1) is 16.1. The van der Waals surface area contributed by atoms with Crippen molar-refractivity contribution in [2.45, 2.75) is 31.4 Å². The number of fused-ring (bicyclic) bond motifs is 2. The van der Waals surface area contributed by atoms with Gasteiger partial charge in [-0.3, -0.25) is 9.78 Å².